The molecule has 0 aliphatic carbocycles. The van der Waals surface area contributed by atoms with Gasteiger partial charge in [0.25, 0.3) is 0 Å². The van der Waals surface area contributed by atoms with Crippen molar-refractivity contribution in [3.8, 4) is 0 Å². The predicted molar refractivity (Wildman–Crippen MR) is 61.4 cm³/mol. The minimum Gasteiger partial charge on any atom is -0.383 e. The van der Waals surface area contributed by atoms with Gasteiger partial charge >= 0.3 is 0 Å². The molecule has 0 bridgehead atoms. The maximum absolute atomic E-state index is 6.05. The maximum atomic E-state index is 6.05. The number of ether oxygens (including phenoxy) is 1. The third kappa shape index (κ3) is 3.81. The monoisotopic (exact) mass is 231 g/mol. The number of aromatic nitrogens is 2. The first kappa shape index (κ1) is 12.5. The molecule has 1 aromatic rings. The zero-order chi connectivity index (χ0) is 11.1. The van der Waals surface area contributed by atoms with Crippen LogP contribution in [0.5, 0.6) is 0 Å². The topological polar surface area (TPSA) is 39.1 Å². The zero-order valence-corrected chi connectivity index (χ0v) is 10.0. The Balaban J connectivity index is 2.54. The molecule has 0 fully saturated rings. The smallest absolute Gasteiger partial charge is 0.0818 e. The van der Waals surface area contributed by atoms with E-state index in [1.54, 1.807) is 13.3 Å². The van der Waals surface area contributed by atoms with Gasteiger partial charge < -0.3 is 10.1 Å². The molecule has 1 aromatic heterocycles. The van der Waals surface area contributed by atoms with Crippen LogP contribution in [0.2, 0.25) is 5.02 Å². The lowest BCUT2D eigenvalue weighted by molar-refractivity contribution is 0.182. The van der Waals surface area contributed by atoms with Crippen LogP contribution in [-0.4, -0.2) is 36.6 Å². The largest absolute Gasteiger partial charge is 0.383 e. The second kappa shape index (κ2) is 6.82. The van der Waals surface area contributed by atoms with E-state index in [-0.39, 0.29) is 0 Å². The van der Waals surface area contributed by atoms with E-state index in [0.717, 1.165) is 36.8 Å². The summed E-state index contributed by atoms with van der Waals surface area (Å²) in [5.74, 6) is 0. The number of nitrogens with one attached hydrogen (secondary N) is 1. The van der Waals surface area contributed by atoms with Gasteiger partial charge in [-0.3, -0.25) is 4.68 Å². The molecule has 0 atom stereocenters. The normalized spacial score (nSPS) is 10.9. The molecule has 1 rings (SSSR count). The number of rotatable bonds is 7. The Morgan fingerprint density at radius 2 is 2.40 bits per heavy atom. The van der Waals surface area contributed by atoms with Crippen molar-refractivity contribution in [1.29, 1.82) is 0 Å². The molecule has 86 valence electrons. The van der Waals surface area contributed by atoms with Gasteiger partial charge in [-0.05, 0) is 6.54 Å². The van der Waals surface area contributed by atoms with E-state index in [4.69, 9.17) is 16.3 Å². The van der Waals surface area contributed by atoms with E-state index in [1.165, 1.54) is 0 Å². The minimum absolute atomic E-state index is 0.659. The summed E-state index contributed by atoms with van der Waals surface area (Å²) >= 11 is 6.05. The van der Waals surface area contributed by atoms with Crippen LogP contribution in [0.25, 0.3) is 0 Å². The highest BCUT2D eigenvalue weighted by molar-refractivity contribution is 6.31. The Morgan fingerprint density at radius 1 is 1.60 bits per heavy atom. The van der Waals surface area contributed by atoms with E-state index in [2.05, 4.69) is 17.3 Å². The van der Waals surface area contributed by atoms with E-state index < -0.39 is 0 Å². The number of likely N-dealkylation sites (N-methyl/N-ethyl adjacent to an activating group) is 1. The molecule has 0 spiro atoms. The first-order valence-corrected chi connectivity index (χ1v) is 5.57. The maximum Gasteiger partial charge on any atom is 0.0818 e. The van der Waals surface area contributed by atoms with Crippen LogP contribution in [0.4, 0.5) is 0 Å². The average Bonchev–Trinajstić information content (AvgIpc) is 2.58. The Kier molecular flexibility index (Phi) is 5.68. The van der Waals surface area contributed by atoms with Crippen LogP contribution >= 0.6 is 11.6 Å². The lowest BCUT2D eigenvalue weighted by Crippen LogP contribution is -2.19. The molecule has 1 N–H and O–H groups in total. The van der Waals surface area contributed by atoms with Crippen LogP contribution in [-0.2, 0) is 17.7 Å². The highest BCUT2D eigenvalue weighted by Crippen LogP contribution is 2.15. The highest BCUT2D eigenvalue weighted by atomic mass is 35.5. The lowest BCUT2D eigenvalue weighted by Gasteiger charge is -2.07. The van der Waals surface area contributed by atoms with Gasteiger partial charge in [0.2, 0.25) is 0 Å². The standard InChI is InChI=1S/C10H18ClN3O/c1-3-12-5-4-10-9(11)8-13-14(10)6-7-15-2/h8,12H,3-7H2,1-2H3. The van der Waals surface area contributed by atoms with Crippen LogP contribution in [0.15, 0.2) is 6.20 Å². The summed E-state index contributed by atoms with van der Waals surface area (Å²) in [7, 11) is 1.68. The van der Waals surface area contributed by atoms with Gasteiger partial charge in [0.1, 0.15) is 0 Å². The molecule has 0 aliphatic rings. The fourth-order valence-electron chi connectivity index (χ4n) is 1.39. The molecule has 0 saturated heterocycles. The van der Waals surface area contributed by atoms with E-state index in [0.29, 0.717) is 6.61 Å². The predicted octanol–water partition coefficient (Wildman–Crippen LogP) is 1.33. The first-order valence-electron chi connectivity index (χ1n) is 5.19. The van der Waals surface area contributed by atoms with Gasteiger partial charge in [-0.1, -0.05) is 18.5 Å². The number of methoxy groups -OCH3 is 1. The SMILES string of the molecule is CCNCCc1c(Cl)cnn1CCOC. The van der Waals surface area contributed by atoms with Crippen molar-refractivity contribution in [2.75, 3.05) is 26.8 Å². The summed E-state index contributed by atoms with van der Waals surface area (Å²) in [6.45, 7) is 5.40. The minimum atomic E-state index is 0.659. The molecule has 0 aliphatic heterocycles. The van der Waals surface area contributed by atoms with Crippen molar-refractivity contribution < 1.29 is 4.74 Å². The van der Waals surface area contributed by atoms with Crippen molar-refractivity contribution in [2.45, 2.75) is 19.9 Å². The quantitative estimate of drug-likeness (QED) is 0.720. The molecule has 0 amide bonds. The van der Waals surface area contributed by atoms with Crippen molar-refractivity contribution in [3.05, 3.63) is 16.9 Å². The summed E-state index contributed by atoms with van der Waals surface area (Å²) in [6, 6.07) is 0. The molecule has 4 nitrogen and oxygen atoms in total. The lowest BCUT2D eigenvalue weighted by atomic mass is 10.3. The van der Waals surface area contributed by atoms with Crippen LogP contribution in [0.1, 0.15) is 12.6 Å². The van der Waals surface area contributed by atoms with Crippen molar-refractivity contribution >= 4 is 11.6 Å². The fraction of sp³-hybridized carbons (Fsp3) is 0.700. The second-order valence-corrected chi connectivity index (χ2v) is 3.67. The van der Waals surface area contributed by atoms with Crippen molar-refractivity contribution in [2.24, 2.45) is 0 Å². The van der Waals surface area contributed by atoms with Crippen molar-refractivity contribution in [3.63, 3.8) is 0 Å². The fourth-order valence-corrected chi connectivity index (χ4v) is 1.63. The summed E-state index contributed by atoms with van der Waals surface area (Å²) < 4.78 is 6.92. The summed E-state index contributed by atoms with van der Waals surface area (Å²) in [5, 5.41) is 8.21. The van der Waals surface area contributed by atoms with E-state index >= 15 is 0 Å². The highest BCUT2D eigenvalue weighted by Gasteiger charge is 2.07. The van der Waals surface area contributed by atoms with Crippen LogP contribution < -0.4 is 5.32 Å². The Bertz CT molecular complexity index is 288. The summed E-state index contributed by atoms with van der Waals surface area (Å²) in [4.78, 5) is 0. The van der Waals surface area contributed by atoms with Gasteiger partial charge in [0, 0.05) is 20.1 Å². The molecule has 15 heavy (non-hydrogen) atoms. The summed E-state index contributed by atoms with van der Waals surface area (Å²) in [5.41, 5.74) is 1.08. The van der Waals surface area contributed by atoms with Crippen LogP contribution in [0.3, 0.4) is 0 Å². The zero-order valence-electron chi connectivity index (χ0n) is 9.29. The van der Waals surface area contributed by atoms with Gasteiger partial charge in [-0.2, -0.15) is 5.10 Å². The second-order valence-electron chi connectivity index (χ2n) is 3.26. The number of hydrogen-bond donors (Lipinski definition) is 1. The third-order valence-electron chi connectivity index (χ3n) is 2.19. The first-order chi connectivity index (χ1) is 7.29. The molecular weight excluding hydrogens is 214 g/mol. The number of halogens is 1. The molecule has 0 unspecified atom stereocenters. The molecule has 0 saturated carbocycles. The van der Waals surface area contributed by atoms with E-state index in [9.17, 15) is 0 Å². The molecule has 0 radical (unpaired) electrons. The Hall–Kier alpha value is -0.580. The third-order valence-corrected chi connectivity index (χ3v) is 2.51. The molecular formula is C10H18ClN3O. The molecule has 0 aromatic carbocycles. The Labute approximate surface area is 95.6 Å². The summed E-state index contributed by atoms with van der Waals surface area (Å²) in [6.07, 6.45) is 2.59. The van der Waals surface area contributed by atoms with Gasteiger partial charge in [0.05, 0.1) is 30.1 Å². The van der Waals surface area contributed by atoms with Gasteiger partial charge in [-0.15, -0.1) is 0 Å². The molecule has 5 heteroatoms. The van der Waals surface area contributed by atoms with E-state index in [1.807, 2.05) is 4.68 Å². The number of hydrogen-bond acceptors (Lipinski definition) is 3. The molecule has 1 heterocycles. The number of nitrogens with zero attached hydrogens (tertiary/aromatic N) is 2. The van der Waals surface area contributed by atoms with Gasteiger partial charge in [0.15, 0.2) is 0 Å². The van der Waals surface area contributed by atoms with Crippen molar-refractivity contribution in [1.82, 2.24) is 15.1 Å². The average molecular weight is 232 g/mol. The Morgan fingerprint density at radius 3 is 3.07 bits per heavy atom. The van der Waals surface area contributed by atoms with Crippen LogP contribution in [0, 0.1) is 0 Å². The van der Waals surface area contributed by atoms with Gasteiger partial charge in [-0.25, -0.2) is 0 Å².